The molecule has 0 aromatic heterocycles. The molecule has 2 unspecified atom stereocenters. The van der Waals surface area contributed by atoms with Crippen molar-refractivity contribution in [1.29, 1.82) is 0 Å². The van der Waals surface area contributed by atoms with E-state index in [-0.39, 0.29) is 19.6 Å². The molecule has 0 saturated heterocycles. The Balaban J connectivity index is 4.29. The number of hydrogen-bond donors (Lipinski definition) is 2. The molecule has 0 saturated carbocycles. The van der Waals surface area contributed by atoms with Gasteiger partial charge in [0.15, 0.2) is 6.10 Å². The fourth-order valence-corrected chi connectivity index (χ4v) is 4.50. The number of ether oxygens (including phenoxy) is 2. The van der Waals surface area contributed by atoms with Gasteiger partial charge in [0.2, 0.25) is 0 Å². The Kier molecular flexibility index (Phi) is 22.2. The summed E-state index contributed by atoms with van der Waals surface area (Å²) in [6.07, 6.45) is 13.7. The summed E-state index contributed by atoms with van der Waals surface area (Å²) in [7, 11) is 1.25. The molecule has 0 bridgehead atoms. The van der Waals surface area contributed by atoms with Gasteiger partial charge in [0.05, 0.1) is 40.6 Å². The number of carboxylic acid groups (broad SMARTS) is 1. The van der Waals surface area contributed by atoms with Gasteiger partial charge in [0, 0.05) is 6.42 Å². The Morgan fingerprint density at radius 1 is 0.725 bits per heavy atom. The highest BCUT2D eigenvalue weighted by Crippen LogP contribution is 2.43. The van der Waals surface area contributed by atoms with Crippen molar-refractivity contribution >= 4 is 25.7 Å². The van der Waals surface area contributed by atoms with E-state index in [2.05, 4.69) is 6.92 Å². The van der Waals surface area contributed by atoms with E-state index in [0.717, 1.165) is 19.3 Å². The zero-order valence-corrected chi connectivity index (χ0v) is 26.2. The molecule has 0 amide bonds. The van der Waals surface area contributed by atoms with Crippen molar-refractivity contribution in [2.24, 2.45) is 0 Å². The van der Waals surface area contributed by atoms with Gasteiger partial charge < -0.3 is 24.0 Å². The van der Waals surface area contributed by atoms with Crippen molar-refractivity contribution in [2.45, 2.75) is 116 Å². The SMILES string of the molecule is CCCCCCCCCCCCCCCC(=O)OCC(COP(=O)(O)OCC[N+](C)(C)C)OC(=O)CCC(=O)O. The molecule has 0 rings (SSSR count). The third-order valence-corrected chi connectivity index (χ3v) is 7.18. The lowest BCUT2D eigenvalue weighted by Crippen LogP contribution is -2.37. The van der Waals surface area contributed by atoms with Crippen LogP contribution in [0.2, 0.25) is 0 Å². The van der Waals surface area contributed by atoms with Crippen LogP contribution in [0.25, 0.3) is 0 Å². The zero-order valence-electron chi connectivity index (χ0n) is 25.3. The minimum absolute atomic E-state index is 0.0333. The summed E-state index contributed by atoms with van der Waals surface area (Å²) < 4.78 is 32.9. The monoisotopic (exact) mass is 596 g/mol. The molecule has 2 atom stereocenters. The number of likely N-dealkylation sites (N-methyl/N-ethyl adjacent to an activating group) is 1. The summed E-state index contributed by atoms with van der Waals surface area (Å²) in [5.74, 6) is -2.48. The first-order chi connectivity index (χ1) is 18.8. The molecule has 0 aliphatic heterocycles. The molecular formula is C28H55NO10P+. The topological polar surface area (TPSA) is 146 Å². The number of esters is 2. The van der Waals surface area contributed by atoms with Gasteiger partial charge in [-0.2, -0.15) is 0 Å². The van der Waals surface area contributed by atoms with Gasteiger partial charge in [0.1, 0.15) is 19.8 Å². The summed E-state index contributed by atoms with van der Waals surface area (Å²) in [5.41, 5.74) is 0. The molecular weight excluding hydrogens is 541 g/mol. The second-order valence-electron chi connectivity index (χ2n) is 11.3. The summed E-state index contributed by atoms with van der Waals surface area (Å²) in [5, 5.41) is 8.75. The number of quaternary nitrogens is 1. The Morgan fingerprint density at radius 2 is 1.25 bits per heavy atom. The lowest BCUT2D eigenvalue weighted by atomic mass is 10.0. The van der Waals surface area contributed by atoms with E-state index in [1.807, 2.05) is 21.1 Å². The number of carboxylic acids is 1. The van der Waals surface area contributed by atoms with Crippen molar-refractivity contribution in [3.8, 4) is 0 Å². The van der Waals surface area contributed by atoms with Gasteiger partial charge in [-0.1, -0.05) is 84.0 Å². The summed E-state index contributed by atoms with van der Waals surface area (Å²) in [6, 6.07) is 0. The largest absolute Gasteiger partial charge is 0.481 e. The number of unbranched alkanes of at least 4 members (excludes halogenated alkanes) is 12. The maximum absolute atomic E-state index is 12.2. The number of nitrogens with zero attached hydrogens (tertiary/aromatic N) is 1. The molecule has 0 spiro atoms. The van der Waals surface area contributed by atoms with Crippen molar-refractivity contribution < 1.29 is 52.0 Å². The Bertz CT molecular complexity index is 741. The molecule has 0 fully saturated rings. The van der Waals surface area contributed by atoms with Crippen molar-refractivity contribution in [2.75, 3.05) is 47.5 Å². The number of phosphoric ester groups is 1. The fraction of sp³-hybridized carbons (Fsp3) is 0.893. The van der Waals surface area contributed by atoms with E-state index in [1.165, 1.54) is 57.8 Å². The first kappa shape index (κ1) is 38.5. The minimum Gasteiger partial charge on any atom is -0.481 e. The first-order valence-corrected chi connectivity index (χ1v) is 16.3. The highest BCUT2D eigenvalue weighted by molar-refractivity contribution is 7.47. The number of aliphatic carboxylic acids is 1. The van der Waals surface area contributed by atoms with Crippen molar-refractivity contribution in [3.05, 3.63) is 0 Å². The van der Waals surface area contributed by atoms with E-state index in [4.69, 9.17) is 23.6 Å². The number of hydrogen-bond acceptors (Lipinski definition) is 8. The summed E-state index contributed by atoms with van der Waals surface area (Å²) >= 11 is 0. The normalized spacial score (nSPS) is 13.9. The molecule has 0 radical (unpaired) electrons. The third kappa shape index (κ3) is 26.7. The molecule has 12 heteroatoms. The number of carbonyl (C=O) groups excluding carboxylic acids is 2. The predicted octanol–water partition coefficient (Wildman–Crippen LogP) is 5.63. The number of phosphoric acid groups is 1. The van der Waals surface area contributed by atoms with Gasteiger partial charge >= 0.3 is 25.7 Å². The van der Waals surface area contributed by atoms with Gasteiger partial charge in [-0.25, -0.2) is 4.57 Å². The van der Waals surface area contributed by atoms with Crippen LogP contribution in [-0.4, -0.2) is 86.0 Å². The molecule has 11 nitrogen and oxygen atoms in total. The molecule has 0 aliphatic carbocycles. The third-order valence-electron chi connectivity index (χ3n) is 6.20. The smallest absolute Gasteiger partial charge is 0.472 e. The Morgan fingerprint density at radius 3 is 1.75 bits per heavy atom. The summed E-state index contributed by atoms with van der Waals surface area (Å²) in [4.78, 5) is 44.8. The molecule has 40 heavy (non-hydrogen) atoms. The van der Waals surface area contributed by atoms with E-state index in [9.17, 15) is 23.8 Å². The lowest BCUT2D eigenvalue weighted by Gasteiger charge is -2.24. The van der Waals surface area contributed by atoms with E-state index >= 15 is 0 Å². The van der Waals surface area contributed by atoms with Crippen molar-refractivity contribution in [3.63, 3.8) is 0 Å². The summed E-state index contributed by atoms with van der Waals surface area (Å²) in [6.45, 7) is 1.72. The number of rotatable bonds is 27. The van der Waals surface area contributed by atoms with Crippen LogP contribution in [0.3, 0.4) is 0 Å². The van der Waals surface area contributed by atoms with Crippen LogP contribution in [0, 0.1) is 0 Å². The van der Waals surface area contributed by atoms with Gasteiger partial charge in [-0.05, 0) is 6.42 Å². The van der Waals surface area contributed by atoms with Crippen LogP contribution in [0.15, 0.2) is 0 Å². The van der Waals surface area contributed by atoms with Gasteiger partial charge in [-0.15, -0.1) is 0 Å². The van der Waals surface area contributed by atoms with Crippen molar-refractivity contribution in [1.82, 2.24) is 0 Å². The highest BCUT2D eigenvalue weighted by Gasteiger charge is 2.27. The molecule has 2 N–H and O–H groups in total. The molecule has 0 aromatic rings. The fourth-order valence-electron chi connectivity index (χ4n) is 3.76. The average molecular weight is 597 g/mol. The van der Waals surface area contributed by atoms with E-state index in [1.54, 1.807) is 0 Å². The van der Waals surface area contributed by atoms with Crippen LogP contribution in [0.4, 0.5) is 0 Å². The lowest BCUT2D eigenvalue weighted by molar-refractivity contribution is -0.870. The number of carbonyl (C=O) groups is 3. The predicted molar refractivity (Wildman–Crippen MR) is 153 cm³/mol. The maximum atomic E-state index is 12.2. The maximum Gasteiger partial charge on any atom is 0.472 e. The second-order valence-corrected chi connectivity index (χ2v) is 12.7. The van der Waals surface area contributed by atoms with Gasteiger partial charge in [0.25, 0.3) is 0 Å². The molecule has 0 aromatic carbocycles. The average Bonchev–Trinajstić information content (AvgIpc) is 2.86. The standard InChI is InChI=1S/C28H54NO10P/c1-5-6-7-8-9-10-11-12-13-14-15-16-17-18-27(32)36-23-25(39-28(33)20-19-26(30)31)24-38-40(34,35)37-22-21-29(2,3)4/h25H,5-24H2,1-4H3,(H-,30,31,34,35)/p+1. The van der Waals surface area contributed by atoms with E-state index in [0.29, 0.717) is 17.4 Å². The second kappa shape index (κ2) is 23.1. The minimum atomic E-state index is -4.43. The van der Waals surface area contributed by atoms with Crippen LogP contribution in [0.1, 0.15) is 110 Å². The molecule has 0 heterocycles. The molecule has 0 aliphatic rings. The quantitative estimate of drug-likeness (QED) is 0.0530. The van der Waals surface area contributed by atoms with Crippen LogP contribution in [0.5, 0.6) is 0 Å². The Labute approximate surface area is 241 Å². The van der Waals surface area contributed by atoms with Crippen LogP contribution in [-0.2, 0) is 37.5 Å². The van der Waals surface area contributed by atoms with Crippen LogP contribution >= 0.6 is 7.82 Å². The van der Waals surface area contributed by atoms with Gasteiger partial charge in [-0.3, -0.25) is 23.4 Å². The van der Waals surface area contributed by atoms with Crippen LogP contribution < -0.4 is 0 Å². The molecule has 236 valence electrons. The highest BCUT2D eigenvalue weighted by atomic mass is 31.2. The first-order valence-electron chi connectivity index (χ1n) is 14.8. The Hall–Kier alpha value is -1.52. The zero-order chi connectivity index (χ0) is 30.3. The van der Waals surface area contributed by atoms with E-state index < -0.39 is 51.3 Å².